The minimum atomic E-state index is 0.0213. The summed E-state index contributed by atoms with van der Waals surface area (Å²) in [4.78, 5) is 20.3. The number of anilines is 1. The Hall–Kier alpha value is -4.24. The number of hydrogen-bond donors (Lipinski definition) is 0. The highest BCUT2D eigenvalue weighted by atomic mass is 35.5. The van der Waals surface area contributed by atoms with Gasteiger partial charge < -0.3 is 4.90 Å². The van der Waals surface area contributed by atoms with Gasteiger partial charge in [-0.3, -0.25) is 4.68 Å². The lowest BCUT2D eigenvalue weighted by Gasteiger charge is -2.14. The molecule has 0 amide bonds. The predicted molar refractivity (Wildman–Crippen MR) is 150 cm³/mol. The van der Waals surface area contributed by atoms with Gasteiger partial charge >= 0.3 is 0 Å². The molecule has 0 N–H and O–H groups in total. The van der Waals surface area contributed by atoms with Crippen LogP contribution < -0.4 is 4.90 Å². The Labute approximate surface area is 226 Å². The Morgan fingerprint density at radius 2 is 1.45 bits per heavy atom. The summed E-state index contributed by atoms with van der Waals surface area (Å²) in [5.41, 5.74) is 6.47. The normalized spacial score (nSPS) is 14.1. The second-order valence-electron chi connectivity index (χ2n) is 9.29. The third kappa shape index (κ3) is 4.72. The molecule has 0 saturated heterocycles. The molecule has 38 heavy (non-hydrogen) atoms. The number of halogens is 1. The van der Waals surface area contributed by atoms with Crippen molar-refractivity contribution >= 4 is 34.1 Å². The zero-order valence-corrected chi connectivity index (χ0v) is 23.0. The summed E-state index contributed by atoms with van der Waals surface area (Å²) >= 11 is 6.23. The summed E-state index contributed by atoms with van der Waals surface area (Å²) in [6, 6.07) is 19.9. The van der Waals surface area contributed by atoms with Crippen molar-refractivity contribution in [2.45, 2.75) is 19.9 Å². The molecule has 1 atom stereocenters. The second-order valence-corrected chi connectivity index (χ2v) is 9.65. The van der Waals surface area contributed by atoms with E-state index in [9.17, 15) is 0 Å². The van der Waals surface area contributed by atoms with Crippen LogP contribution in [0.5, 0.6) is 0 Å². The van der Waals surface area contributed by atoms with E-state index in [0.717, 1.165) is 50.9 Å². The molecule has 6 rings (SSSR count). The van der Waals surface area contributed by atoms with Gasteiger partial charge in [-0.05, 0) is 19.0 Å². The average Bonchev–Trinajstić information content (AvgIpc) is 3.38. The molecule has 0 spiro atoms. The van der Waals surface area contributed by atoms with Gasteiger partial charge in [-0.2, -0.15) is 5.10 Å². The van der Waals surface area contributed by atoms with Gasteiger partial charge in [0.25, 0.3) is 5.69 Å². The quantitative estimate of drug-likeness (QED) is 0.211. The summed E-state index contributed by atoms with van der Waals surface area (Å²) in [5.74, 6) is 2.27. The zero-order chi connectivity index (χ0) is 27.0. The number of benzene rings is 2. The molecule has 4 heterocycles. The van der Waals surface area contributed by atoms with Gasteiger partial charge in [-0.25, -0.2) is 19.9 Å². The fraction of sp³-hybridized carbons (Fsp3) is 0.250. The Bertz CT molecular complexity index is 1640. The van der Waals surface area contributed by atoms with E-state index in [0.29, 0.717) is 11.0 Å². The van der Waals surface area contributed by atoms with Crippen LogP contribution in [0.2, 0.25) is 5.15 Å². The summed E-state index contributed by atoms with van der Waals surface area (Å²) < 4.78 is 3.59. The summed E-state index contributed by atoms with van der Waals surface area (Å²) in [5, 5.41) is 9.31. The Morgan fingerprint density at radius 1 is 0.868 bits per heavy atom. The molecule has 1 unspecified atom stereocenters. The van der Waals surface area contributed by atoms with Crippen molar-refractivity contribution in [3.05, 3.63) is 77.2 Å². The molecule has 3 aromatic heterocycles. The van der Waals surface area contributed by atoms with Crippen LogP contribution in [0.4, 0.5) is 11.5 Å². The highest BCUT2D eigenvalue weighted by Gasteiger charge is 2.33. The van der Waals surface area contributed by atoms with Crippen molar-refractivity contribution in [2.75, 3.05) is 26.0 Å². The number of fused-ring (bicyclic) bond motifs is 2. The Balaban J connectivity index is 0.000000156. The van der Waals surface area contributed by atoms with Gasteiger partial charge in [0.05, 0.1) is 5.69 Å². The Morgan fingerprint density at radius 3 is 2.03 bits per heavy atom. The van der Waals surface area contributed by atoms with Gasteiger partial charge in [0, 0.05) is 32.3 Å². The molecule has 0 radical (unpaired) electrons. The van der Waals surface area contributed by atoms with Crippen LogP contribution in [0, 0.1) is 6.92 Å². The van der Waals surface area contributed by atoms with Crippen LogP contribution in [-0.4, -0.2) is 55.6 Å². The molecular weight excluding hydrogens is 498 g/mol. The van der Waals surface area contributed by atoms with E-state index in [1.807, 2.05) is 112 Å². The molecule has 9 nitrogen and oxygen atoms in total. The number of aryl methyl sites for hydroxylation is 2. The van der Waals surface area contributed by atoms with Crippen LogP contribution in [0.15, 0.2) is 65.8 Å². The van der Waals surface area contributed by atoms with Gasteiger partial charge in [-0.1, -0.05) is 77.0 Å². The molecule has 1 aliphatic heterocycles. The van der Waals surface area contributed by atoms with Crippen molar-refractivity contribution in [1.29, 1.82) is 0 Å². The number of azo groups is 2. The molecule has 10 heteroatoms. The molecule has 2 aromatic carbocycles. The van der Waals surface area contributed by atoms with Gasteiger partial charge in [-0.15, -0.1) is 0 Å². The van der Waals surface area contributed by atoms with Gasteiger partial charge in [0.2, 0.25) is 5.15 Å². The lowest BCUT2D eigenvalue weighted by Crippen LogP contribution is -2.13. The van der Waals surface area contributed by atoms with E-state index in [4.69, 9.17) is 16.6 Å². The molecule has 1 aliphatic rings. The number of nitrogens with zero attached hydrogens (tertiary/aromatic N) is 9. The molecule has 0 fully saturated rings. The van der Waals surface area contributed by atoms with Crippen molar-refractivity contribution in [1.82, 2.24) is 29.7 Å². The van der Waals surface area contributed by atoms with E-state index in [2.05, 4.69) is 25.2 Å². The standard InChI is InChI=1S/C15H17N5.C13H12ClN4/c1-10-12-13(20(4)18-10)15(19(2)3)17-14(16-12)11-8-6-5-7-9-11;1-8-10-11(18(2)17-8)12(14)16-13(15-10)9-6-4-3-5-7-9/h5-9H,1-4H3;3-8H,1-2H3/q;+1. The lowest BCUT2D eigenvalue weighted by molar-refractivity contribution is -0.477. The van der Waals surface area contributed by atoms with Crippen molar-refractivity contribution in [3.63, 3.8) is 0 Å². The monoisotopic (exact) mass is 526 g/mol. The van der Waals surface area contributed by atoms with E-state index >= 15 is 0 Å². The largest absolute Gasteiger partial charge is 0.361 e. The SMILES string of the molecule is CC1N=[N+](C)c2c(Cl)nc(-c3ccccc3)nc21.Cc1nn(C)c2c(N(C)C)nc(-c3ccccc3)nc12. The van der Waals surface area contributed by atoms with E-state index in [1.165, 1.54) is 0 Å². The van der Waals surface area contributed by atoms with Crippen LogP contribution >= 0.6 is 11.6 Å². The molecule has 192 valence electrons. The Kier molecular flexibility index (Phi) is 6.86. The third-order valence-electron chi connectivity index (χ3n) is 6.25. The predicted octanol–water partition coefficient (Wildman–Crippen LogP) is 6.00. The molecular formula is C28H29ClN9+. The van der Waals surface area contributed by atoms with Crippen molar-refractivity contribution in [2.24, 2.45) is 12.2 Å². The third-order valence-corrected chi connectivity index (χ3v) is 6.52. The van der Waals surface area contributed by atoms with Crippen LogP contribution in [0.25, 0.3) is 33.8 Å². The molecule has 0 bridgehead atoms. The maximum Gasteiger partial charge on any atom is 0.292 e. The number of rotatable bonds is 3. The van der Waals surface area contributed by atoms with Crippen LogP contribution in [0.3, 0.4) is 0 Å². The molecule has 0 aliphatic carbocycles. The molecule has 0 saturated carbocycles. The first-order valence-corrected chi connectivity index (χ1v) is 12.6. The number of aromatic nitrogens is 6. The van der Waals surface area contributed by atoms with Gasteiger partial charge in [0.1, 0.15) is 11.0 Å². The average molecular weight is 527 g/mol. The first-order chi connectivity index (χ1) is 18.2. The first-order valence-electron chi connectivity index (χ1n) is 12.3. The fourth-order valence-electron chi connectivity index (χ4n) is 4.47. The zero-order valence-electron chi connectivity index (χ0n) is 22.3. The second kappa shape index (κ2) is 10.3. The van der Waals surface area contributed by atoms with Crippen molar-refractivity contribution in [3.8, 4) is 22.8 Å². The topological polar surface area (TPSA) is 88.0 Å². The van der Waals surface area contributed by atoms with E-state index in [-0.39, 0.29) is 6.04 Å². The summed E-state index contributed by atoms with van der Waals surface area (Å²) in [7, 11) is 7.76. The minimum absolute atomic E-state index is 0.0213. The summed E-state index contributed by atoms with van der Waals surface area (Å²) in [6.07, 6.45) is 0. The highest BCUT2D eigenvalue weighted by Crippen LogP contribution is 2.38. The maximum atomic E-state index is 6.23. The van der Waals surface area contributed by atoms with Crippen LogP contribution in [-0.2, 0) is 7.05 Å². The van der Waals surface area contributed by atoms with Gasteiger partial charge in [0.15, 0.2) is 36.3 Å². The van der Waals surface area contributed by atoms with E-state index < -0.39 is 0 Å². The number of hydrogen-bond acceptors (Lipinski definition) is 7. The highest BCUT2D eigenvalue weighted by molar-refractivity contribution is 6.31. The first kappa shape index (κ1) is 25.4. The minimum Gasteiger partial charge on any atom is -0.361 e. The van der Waals surface area contributed by atoms with E-state index in [1.54, 1.807) is 4.70 Å². The summed E-state index contributed by atoms with van der Waals surface area (Å²) in [6.45, 7) is 3.98. The lowest BCUT2D eigenvalue weighted by atomic mass is 10.2. The van der Waals surface area contributed by atoms with Crippen LogP contribution in [0.1, 0.15) is 24.4 Å². The fourth-order valence-corrected chi connectivity index (χ4v) is 4.77. The maximum absolute atomic E-state index is 6.23. The smallest absolute Gasteiger partial charge is 0.292 e. The molecule has 5 aromatic rings. The van der Waals surface area contributed by atoms with Crippen molar-refractivity contribution < 1.29 is 4.70 Å².